The number of nitrogens with zero attached hydrogens (tertiary/aromatic N) is 2. The van der Waals surface area contributed by atoms with Gasteiger partial charge >= 0.3 is 0 Å². The molecule has 0 amide bonds. The van der Waals surface area contributed by atoms with Crippen LogP contribution in [0.2, 0.25) is 0 Å². The van der Waals surface area contributed by atoms with E-state index >= 15 is 0 Å². The van der Waals surface area contributed by atoms with Crippen LogP contribution in [0.25, 0.3) is 0 Å². The molecule has 1 aliphatic rings. The summed E-state index contributed by atoms with van der Waals surface area (Å²) in [5, 5.41) is 0. The second-order valence-electron chi connectivity index (χ2n) is 4.66. The lowest BCUT2D eigenvalue weighted by atomic mass is 10.0. The first-order valence-corrected chi connectivity index (χ1v) is 6.63. The Hall–Kier alpha value is -0.540. The van der Waals surface area contributed by atoms with Gasteiger partial charge in [0, 0.05) is 29.3 Å². The number of rotatable bonds is 2. The minimum atomic E-state index is 0.753. The summed E-state index contributed by atoms with van der Waals surface area (Å²) in [5.41, 5.74) is 1.34. The zero-order valence-corrected chi connectivity index (χ0v) is 11.6. The van der Waals surface area contributed by atoms with Crippen LogP contribution in [-0.2, 0) is 0 Å². The number of piperidine rings is 1. The van der Waals surface area contributed by atoms with Gasteiger partial charge in [0.1, 0.15) is 0 Å². The SMILES string of the molecule is CN(C)C1CCN(c2cccc(Br)c2)CC1. The summed E-state index contributed by atoms with van der Waals surface area (Å²) >= 11 is 3.53. The summed E-state index contributed by atoms with van der Waals surface area (Å²) < 4.78 is 1.17. The highest BCUT2D eigenvalue weighted by molar-refractivity contribution is 9.10. The molecule has 88 valence electrons. The van der Waals surface area contributed by atoms with Crippen LogP contribution in [0.3, 0.4) is 0 Å². The lowest BCUT2D eigenvalue weighted by Gasteiger charge is -2.36. The molecule has 0 radical (unpaired) electrons. The molecule has 1 saturated heterocycles. The van der Waals surface area contributed by atoms with Gasteiger partial charge in [-0.15, -0.1) is 0 Å². The largest absolute Gasteiger partial charge is 0.371 e. The molecule has 1 aromatic carbocycles. The van der Waals surface area contributed by atoms with Crippen LogP contribution < -0.4 is 4.90 Å². The molecule has 0 unspecified atom stereocenters. The standard InChI is InChI=1S/C13H19BrN2/c1-15(2)12-6-8-16(9-7-12)13-5-3-4-11(14)10-13/h3-5,10,12H,6-9H2,1-2H3. The Balaban J connectivity index is 1.99. The van der Waals surface area contributed by atoms with Gasteiger partial charge in [-0.2, -0.15) is 0 Å². The molecule has 2 rings (SSSR count). The van der Waals surface area contributed by atoms with E-state index in [0.29, 0.717) is 0 Å². The van der Waals surface area contributed by atoms with Gasteiger partial charge in [0.25, 0.3) is 0 Å². The van der Waals surface area contributed by atoms with Crippen LogP contribution in [0.5, 0.6) is 0 Å². The molecule has 0 bridgehead atoms. The van der Waals surface area contributed by atoms with Crippen molar-refractivity contribution in [1.82, 2.24) is 4.90 Å². The first-order valence-electron chi connectivity index (χ1n) is 5.84. The predicted octanol–water partition coefficient (Wildman–Crippen LogP) is 2.98. The van der Waals surface area contributed by atoms with Crippen LogP contribution in [0.4, 0.5) is 5.69 Å². The maximum absolute atomic E-state index is 3.53. The molecule has 0 atom stereocenters. The van der Waals surface area contributed by atoms with E-state index < -0.39 is 0 Å². The summed E-state index contributed by atoms with van der Waals surface area (Å²) in [6.07, 6.45) is 2.53. The van der Waals surface area contributed by atoms with Gasteiger partial charge < -0.3 is 9.80 Å². The monoisotopic (exact) mass is 282 g/mol. The number of halogens is 1. The summed E-state index contributed by atoms with van der Waals surface area (Å²) in [6, 6.07) is 9.34. The van der Waals surface area contributed by atoms with E-state index in [1.165, 1.54) is 36.1 Å². The topological polar surface area (TPSA) is 6.48 Å². The lowest BCUT2D eigenvalue weighted by Crippen LogP contribution is -2.41. The highest BCUT2D eigenvalue weighted by Crippen LogP contribution is 2.24. The van der Waals surface area contributed by atoms with Crippen molar-refractivity contribution in [2.45, 2.75) is 18.9 Å². The normalized spacial score (nSPS) is 18.1. The highest BCUT2D eigenvalue weighted by atomic mass is 79.9. The highest BCUT2D eigenvalue weighted by Gasteiger charge is 2.20. The molecule has 0 N–H and O–H groups in total. The van der Waals surface area contributed by atoms with Crippen LogP contribution in [0.15, 0.2) is 28.7 Å². The second kappa shape index (κ2) is 5.19. The molecular formula is C13H19BrN2. The van der Waals surface area contributed by atoms with Crippen LogP contribution in [0.1, 0.15) is 12.8 Å². The van der Waals surface area contributed by atoms with Crippen molar-refractivity contribution in [3.63, 3.8) is 0 Å². The predicted molar refractivity (Wildman–Crippen MR) is 73.1 cm³/mol. The number of benzene rings is 1. The quantitative estimate of drug-likeness (QED) is 0.823. The lowest BCUT2D eigenvalue weighted by molar-refractivity contribution is 0.249. The third-order valence-electron chi connectivity index (χ3n) is 3.37. The van der Waals surface area contributed by atoms with E-state index in [9.17, 15) is 0 Å². The Bertz CT molecular complexity index is 344. The molecule has 1 aromatic rings. The van der Waals surface area contributed by atoms with E-state index in [-0.39, 0.29) is 0 Å². The average molecular weight is 283 g/mol. The van der Waals surface area contributed by atoms with Crippen molar-refractivity contribution in [3.05, 3.63) is 28.7 Å². The van der Waals surface area contributed by atoms with Crippen molar-refractivity contribution in [2.75, 3.05) is 32.1 Å². The van der Waals surface area contributed by atoms with Crippen LogP contribution >= 0.6 is 15.9 Å². The number of hydrogen-bond donors (Lipinski definition) is 0. The minimum absolute atomic E-state index is 0.753. The summed E-state index contributed by atoms with van der Waals surface area (Å²) in [7, 11) is 4.36. The molecule has 0 saturated carbocycles. The first-order chi connectivity index (χ1) is 7.66. The maximum atomic E-state index is 3.53. The molecule has 0 spiro atoms. The fourth-order valence-corrected chi connectivity index (χ4v) is 2.70. The van der Waals surface area contributed by atoms with Gasteiger partial charge in [-0.1, -0.05) is 22.0 Å². The summed E-state index contributed by atoms with van der Waals surface area (Å²) in [4.78, 5) is 4.82. The third kappa shape index (κ3) is 2.77. The van der Waals surface area contributed by atoms with Crippen molar-refractivity contribution in [3.8, 4) is 0 Å². The minimum Gasteiger partial charge on any atom is -0.371 e. The molecule has 1 fully saturated rings. The fraction of sp³-hybridized carbons (Fsp3) is 0.538. The van der Waals surface area contributed by atoms with Gasteiger partial charge in [-0.25, -0.2) is 0 Å². The third-order valence-corrected chi connectivity index (χ3v) is 3.86. The zero-order chi connectivity index (χ0) is 11.5. The average Bonchev–Trinajstić information content (AvgIpc) is 2.29. The first kappa shape index (κ1) is 11.9. The van der Waals surface area contributed by atoms with Crippen LogP contribution in [0, 0.1) is 0 Å². The van der Waals surface area contributed by atoms with Crippen molar-refractivity contribution < 1.29 is 0 Å². The Morgan fingerprint density at radius 2 is 1.94 bits per heavy atom. The van der Waals surface area contributed by atoms with E-state index in [0.717, 1.165) is 6.04 Å². The smallest absolute Gasteiger partial charge is 0.0377 e. The van der Waals surface area contributed by atoms with Gasteiger partial charge in [-0.3, -0.25) is 0 Å². The van der Waals surface area contributed by atoms with E-state index in [1.807, 2.05) is 0 Å². The van der Waals surface area contributed by atoms with E-state index in [4.69, 9.17) is 0 Å². The Kier molecular flexibility index (Phi) is 3.87. The zero-order valence-electron chi connectivity index (χ0n) is 9.99. The van der Waals surface area contributed by atoms with Gasteiger partial charge in [-0.05, 0) is 45.1 Å². The van der Waals surface area contributed by atoms with Gasteiger partial charge in [0.15, 0.2) is 0 Å². The molecular weight excluding hydrogens is 264 g/mol. The van der Waals surface area contributed by atoms with Crippen molar-refractivity contribution in [2.24, 2.45) is 0 Å². The van der Waals surface area contributed by atoms with Gasteiger partial charge in [0.2, 0.25) is 0 Å². The Labute approximate surface area is 106 Å². The van der Waals surface area contributed by atoms with E-state index in [1.54, 1.807) is 0 Å². The van der Waals surface area contributed by atoms with Crippen molar-refractivity contribution >= 4 is 21.6 Å². The molecule has 16 heavy (non-hydrogen) atoms. The Morgan fingerprint density at radius 3 is 2.50 bits per heavy atom. The number of hydrogen-bond acceptors (Lipinski definition) is 2. The molecule has 0 aromatic heterocycles. The Morgan fingerprint density at radius 1 is 1.25 bits per heavy atom. The van der Waals surface area contributed by atoms with E-state index in [2.05, 4.69) is 64.1 Å². The molecule has 2 nitrogen and oxygen atoms in total. The van der Waals surface area contributed by atoms with Gasteiger partial charge in [0.05, 0.1) is 0 Å². The fourth-order valence-electron chi connectivity index (χ4n) is 2.31. The molecule has 3 heteroatoms. The summed E-state index contributed by atoms with van der Waals surface area (Å²) in [6.45, 7) is 2.33. The second-order valence-corrected chi connectivity index (χ2v) is 5.58. The molecule has 1 aliphatic heterocycles. The molecule has 0 aliphatic carbocycles. The van der Waals surface area contributed by atoms with Crippen molar-refractivity contribution in [1.29, 1.82) is 0 Å². The number of anilines is 1. The van der Waals surface area contributed by atoms with Crippen LogP contribution in [-0.4, -0.2) is 38.1 Å². The summed E-state index contributed by atoms with van der Waals surface area (Å²) in [5.74, 6) is 0. The maximum Gasteiger partial charge on any atom is 0.0377 e. The molecule has 1 heterocycles.